The van der Waals surface area contributed by atoms with Crippen LogP contribution in [0.15, 0.2) is 30.7 Å². The van der Waals surface area contributed by atoms with Gasteiger partial charge in [-0.15, -0.1) is 0 Å². The second kappa shape index (κ2) is 8.60. The Morgan fingerprint density at radius 3 is 2.50 bits per heavy atom. The molecule has 1 unspecified atom stereocenters. The maximum atomic E-state index is 12.7. The van der Waals surface area contributed by atoms with Gasteiger partial charge in [0.25, 0.3) is 0 Å². The Morgan fingerprint density at radius 1 is 1.29 bits per heavy atom. The molecule has 2 aromatic heterocycles. The first-order valence-corrected chi connectivity index (χ1v) is 8.55. The SMILES string of the molecule is O=C(CC(S)C(F)(F)F)N(CCC(F)(F)F)c1cn(-c2cccnc2)nc1Cl. The minimum absolute atomic E-state index is 0.248. The molecule has 0 aliphatic rings. The summed E-state index contributed by atoms with van der Waals surface area (Å²) in [7, 11) is 0. The van der Waals surface area contributed by atoms with Crippen LogP contribution < -0.4 is 4.90 Å². The lowest BCUT2D eigenvalue weighted by atomic mass is 10.2. The summed E-state index contributed by atoms with van der Waals surface area (Å²) in [6.07, 6.45) is -8.02. The van der Waals surface area contributed by atoms with E-state index in [1.165, 1.54) is 12.4 Å². The third-order valence-electron chi connectivity index (χ3n) is 3.52. The molecule has 0 aliphatic carbocycles. The Balaban J connectivity index is 2.33. The smallest absolute Gasteiger partial charge is 0.308 e. The third-order valence-corrected chi connectivity index (χ3v) is 4.26. The summed E-state index contributed by atoms with van der Waals surface area (Å²) in [5.41, 5.74) is 0.142. The minimum atomic E-state index is -4.79. The van der Waals surface area contributed by atoms with Crippen molar-refractivity contribution < 1.29 is 31.1 Å². The van der Waals surface area contributed by atoms with Gasteiger partial charge in [0.1, 0.15) is 10.9 Å². The van der Waals surface area contributed by atoms with Gasteiger partial charge in [-0.25, -0.2) is 4.68 Å². The number of aromatic nitrogens is 3. The second-order valence-corrected chi connectivity index (χ2v) is 6.61. The molecule has 0 spiro atoms. The van der Waals surface area contributed by atoms with Crippen molar-refractivity contribution in [1.82, 2.24) is 14.8 Å². The molecule has 0 saturated heterocycles. The van der Waals surface area contributed by atoms with Crippen LogP contribution in [0, 0.1) is 0 Å². The number of carbonyl (C=O) groups excluding carboxylic acids is 1. The molecule has 28 heavy (non-hydrogen) atoms. The molecule has 1 atom stereocenters. The predicted molar refractivity (Wildman–Crippen MR) is 92.8 cm³/mol. The number of pyridine rings is 1. The monoisotopic (exact) mass is 446 g/mol. The van der Waals surface area contributed by atoms with Gasteiger partial charge in [0.2, 0.25) is 5.91 Å². The number of anilines is 1. The Labute approximate surface area is 165 Å². The van der Waals surface area contributed by atoms with Crippen LogP contribution in [-0.4, -0.2) is 44.8 Å². The number of hydrogen-bond donors (Lipinski definition) is 1. The van der Waals surface area contributed by atoms with Gasteiger partial charge >= 0.3 is 12.4 Å². The van der Waals surface area contributed by atoms with Crippen LogP contribution >= 0.6 is 24.2 Å². The number of carbonyl (C=O) groups is 1. The summed E-state index contributed by atoms with van der Waals surface area (Å²) in [4.78, 5) is 16.7. The van der Waals surface area contributed by atoms with Crippen molar-refractivity contribution in [3.63, 3.8) is 0 Å². The summed E-state index contributed by atoms with van der Waals surface area (Å²) in [5.74, 6) is -1.21. The first kappa shape index (κ1) is 22.3. The first-order valence-electron chi connectivity index (χ1n) is 7.66. The van der Waals surface area contributed by atoms with Crippen LogP contribution in [0.2, 0.25) is 5.15 Å². The molecule has 5 nitrogen and oxygen atoms in total. The van der Waals surface area contributed by atoms with Gasteiger partial charge in [-0.05, 0) is 12.1 Å². The van der Waals surface area contributed by atoms with Crippen molar-refractivity contribution in [2.75, 3.05) is 11.4 Å². The van der Waals surface area contributed by atoms with E-state index in [0.29, 0.717) is 10.6 Å². The van der Waals surface area contributed by atoms with E-state index in [2.05, 4.69) is 22.7 Å². The Morgan fingerprint density at radius 2 is 1.96 bits per heavy atom. The number of alkyl halides is 6. The fraction of sp³-hybridized carbons (Fsp3) is 0.400. The number of amides is 1. The van der Waals surface area contributed by atoms with Gasteiger partial charge in [0.15, 0.2) is 5.15 Å². The summed E-state index contributed by atoms with van der Waals surface area (Å²) in [6.45, 7) is -0.918. The zero-order chi connectivity index (χ0) is 21.1. The molecule has 0 fully saturated rings. The summed E-state index contributed by atoms with van der Waals surface area (Å²) in [5, 5.41) is 1.20. The van der Waals surface area contributed by atoms with Crippen molar-refractivity contribution in [1.29, 1.82) is 0 Å². The van der Waals surface area contributed by atoms with E-state index in [0.717, 1.165) is 10.9 Å². The highest BCUT2D eigenvalue weighted by molar-refractivity contribution is 7.81. The molecule has 0 N–H and O–H groups in total. The molecule has 0 aromatic carbocycles. The van der Waals surface area contributed by atoms with Crippen LogP contribution in [0.25, 0.3) is 5.69 Å². The van der Waals surface area contributed by atoms with Gasteiger partial charge in [0.05, 0.1) is 24.5 Å². The maximum absolute atomic E-state index is 12.7. The molecule has 2 aromatic rings. The van der Waals surface area contributed by atoms with Crippen LogP contribution in [-0.2, 0) is 4.79 Å². The largest absolute Gasteiger partial charge is 0.400 e. The lowest BCUT2D eigenvalue weighted by Gasteiger charge is -2.24. The molecule has 13 heteroatoms. The Hall–Kier alpha value is -1.95. The summed E-state index contributed by atoms with van der Waals surface area (Å²) in [6, 6.07) is 3.13. The van der Waals surface area contributed by atoms with Crippen LogP contribution in [0.4, 0.5) is 32.0 Å². The van der Waals surface area contributed by atoms with Crippen molar-refractivity contribution in [2.45, 2.75) is 30.4 Å². The van der Waals surface area contributed by atoms with Crippen LogP contribution in [0.1, 0.15) is 12.8 Å². The van der Waals surface area contributed by atoms with Gasteiger partial charge in [-0.1, -0.05) is 11.6 Å². The Bertz CT molecular complexity index is 811. The highest BCUT2D eigenvalue weighted by Gasteiger charge is 2.40. The average Bonchev–Trinajstić information content (AvgIpc) is 2.96. The zero-order valence-electron chi connectivity index (χ0n) is 13.9. The topological polar surface area (TPSA) is 51.0 Å². The predicted octanol–water partition coefficient (Wildman–Crippen LogP) is 4.46. The maximum Gasteiger partial charge on any atom is 0.400 e. The van der Waals surface area contributed by atoms with E-state index in [1.807, 2.05) is 0 Å². The summed E-state index contributed by atoms with van der Waals surface area (Å²) < 4.78 is 77.1. The average molecular weight is 447 g/mol. The molecule has 2 heterocycles. The van der Waals surface area contributed by atoms with E-state index in [1.54, 1.807) is 12.1 Å². The van der Waals surface area contributed by atoms with Crippen molar-refractivity contribution in [3.05, 3.63) is 35.9 Å². The first-order chi connectivity index (χ1) is 12.9. The van der Waals surface area contributed by atoms with Gasteiger partial charge in [0, 0.05) is 19.2 Å². The molecule has 0 saturated carbocycles. The molecule has 2 rings (SSSR count). The van der Waals surface area contributed by atoms with E-state index >= 15 is 0 Å². The van der Waals surface area contributed by atoms with Crippen molar-refractivity contribution in [2.24, 2.45) is 0 Å². The highest BCUT2D eigenvalue weighted by Crippen LogP contribution is 2.32. The molecule has 0 aliphatic heterocycles. The lowest BCUT2D eigenvalue weighted by molar-refractivity contribution is -0.140. The van der Waals surface area contributed by atoms with E-state index in [4.69, 9.17) is 11.6 Å². The van der Waals surface area contributed by atoms with Gasteiger partial charge < -0.3 is 4.90 Å². The van der Waals surface area contributed by atoms with Gasteiger partial charge in [-0.2, -0.15) is 44.1 Å². The molecule has 0 radical (unpaired) electrons. The molecule has 1 amide bonds. The normalized spacial score (nSPS) is 13.4. The van der Waals surface area contributed by atoms with E-state index in [-0.39, 0.29) is 10.8 Å². The fourth-order valence-electron chi connectivity index (χ4n) is 2.16. The zero-order valence-corrected chi connectivity index (χ0v) is 15.5. The molecule has 0 bridgehead atoms. The number of halogens is 7. The van der Waals surface area contributed by atoms with E-state index < -0.39 is 42.9 Å². The van der Waals surface area contributed by atoms with Crippen molar-refractivity contribution >= 4 is 35.8 Å². The highest BCUT2D eigenvalue weighted by atomic mass is 35.5. The lowest BCUT2D eigenvalue weighted by Crippen LogP contribution is -2.38. The van der Waals surface area contributed by atoms with Crippen LogP contribution in [0.5, 0.6) is 0 Å². The number of rotatable bonds is 6. The standard InChI is InChI=1S/C15H13ClF6N4OS/c16-13-10(8-26(24-13)9-2-1-4-23-7-9)25(5-3-14(17,18)19)12(27)6-11(28)15(20,21)22/h1-2,4,7-8,11,28H,3,5-6H2. The van der Waals surface area contributed by atoms with E-state index in [9.17, 15) is 31.1 Å². The second-order valence-electron chi connectivity index (χ2n) is 5.63. The van der Waals surface area contributed by atoms with Gasteiger partial charge in [-0.3, -0.25) is 9.78 Å². The summed E-state index contributed by atoms with van der Waals surface area (Å²) >= 11 is 9.25. The number of nitrogens with zero attached hydrogens (tertiary/aromatic N) is 4. The number of thiol groups is 1. The van der Waals surface area contributed by atoms with Crippen molar-refractivity contribution in [3.8, 4) is 5.69 Å². The quantitative estimate of drug-likeness (QED) is 0.526. The molecule has 154 valence electrons. The third kappa shape index (κ3) is 6.03. The van der Waals surface area contributed by atoms with Crippen LogP contribution in [0.3, 0.4) is 0 Å². The minimum Gasteiger partial charge on any atom is -0.308 e. The fourth-order valence-corrected chi connectivity index (χ4v) is 2.54. The Kier molecular flexibility index (Phi) is 6.86. The molecular weight excluding hydrogens is 434 g/mol. The molecular formula is C15H13ClF6N4OS. The number of hydrogen-bond acceptors (Lipinski definition) is 4.